The molecule has 0 unspecified atom stereocenters. The molecule has 96 valence electrons. The third-order valence-electron chi connectivity index (χ3n) is 2.65. The summed E-state index contributed by atoms with van der Waals surface area (Å²) in [7, 11) is 0. The summed E-state index contributed by atoms with van der Waals surface area (Å²) in [5, 5.41) is 7.13. The summed E-state index contributed by atoms with van der Waals surface area (Å²) in [6.45, 7) is 2.92. The fourth-order valence-electron chi connectivity index (χ4n) is 1.62. The highest BCUT2D eigenvalue weighted by Gasteiger charge is 2.10. The molecule has 1 nitrogen and oxygen atoms in total. The normalized spacial score (nSPS) is 10.9. The van der Waals surface area contributed by atoms with Gasteiger partial charge in [0.2, 0.25) is 0 Å². The second-order valence-electron chi connectivity index (χ2n) is 4.06. The van der Waals surface area contributed by atoms with Gasteiger partial charge in [0.25, 0.3) is 0 Å². The van der Waals surface area contributed by atoms with Crippen LogP contribution >= 0.6 is 11.3 Å². The lowest BCUT2D eigenvalue weighted by molar-refractivity contribution is 0.444. The van der Waals surface area contributed by atoms with E-state index in [-0.39, 0.29) is 0 Å². The van der Waals surface area contributed by atoms with E-state index in [1.165, 1.54) is 5.56 Å². The van der Waals surface area contributed by atoms with Gasteiger partial charge in [0, 0.05) is 13.1 Å². The molecule has 0 bridgehead atoms. The Balaban J connectivity index is 1.97. The Morgan fingerprint density at radius 1 is 1.06 bits per heavy atom. The van der Waals surface area contributed by atoms with Crippen LogP contribution in [0.3, 0.4) is 0 Å². The van der Waals surface area contributed by atoms with E-state index in [1.54, 1.807) is 11.3 Å². The van der Waals surface area contributed by atoms with Crippen molar-refractivity contribution in [1.29, 1.82) is 0 Å². The molecule has 0 aliphatic carbocycles. The van der Waals surface area contributed by atoms with Crippen LogP contribution in [-0.2, 0) is 13.1 Å². The van der Waals surface area contributed by atoms with Gasteiger partial charge in [-0.1, -0.05) is 0 Å². The maximum absolute atomic E-state index is 13.0. The van der Waals surface area contributed by atoms with Crippen LogP contribution in [0.1, 0.15) is 16.7 Å². The van der Waals surface area contributed by atoms with Gasteiger partial charge in [-0.2, -0.15) is 11.3 Å². The molecule has 0 atom stereocenters. The molecule has 1 N–H and O–H groups in total. The molecule has 2 aromatic rings. The van der Waals surface area contributed by atoms with Crippen molar-refractivity contribution in [2.45, 2.75) is 20.0 Å². The van der Waals surface area contributed by atoms with Crippen LogP contribution < -0.4 is 5.32 Å². The van der Waals surface area contributed by atoms with Crippen LogP contribution in [0, 0.1) is 24.4 Å². The van der Waals surface area contributed by atoms with Crippen LogP contribution in [0.5, 0.6) is 0 Å². The van der Waals surface area contributed by atoms with Gasteiger partial charge in [-0.05, 0) is 46.5 Å². The zero-order chi connectivity index (χ0) is 13.1. The number of aryl methyl sites for hydroxylation is 1. The lowest BCUT2D eigenvalue weighted by atomic mass is 10.2. The third kappa shape index (κ3) is 2.91. The van der Waals surface area contributed by atoms with E-state index < -0.39 is 17.5 Å². The number of halogens is 3. The van der Waals surface area contributed by atoms with Gasteiger partial charge in [0.1, 0.15) is 0 Å². The average Bonchev–Trinajstić information content (AvgIpc) is 2.72. The lowest BCUT2D eigenvalue weighted by Gasteiger charge is -2.06. The highest BCUT2D eigenvalue weighted by atomic mass is 32.1. The first-order chi connectivity index (χ1) is 8.58. The van der Waals surface area contributed by atoms with Crippen LogP contribution in [0.2, 0.25) is 0 Å². The predicted molar refractivity (Wildman–Crippen MR) is 65.9 cm³/mol. The fourth-order valence-corrected chi connectivity index (χ4v) is 2.48. The van der Waals surface area contributed by atoms with Crippen LogP contribution in [0.15, 0.2) is 22.9 Å². The number of nitrogens with one attached hydrogen (secondary N) is 1. The Morgan fingerprint density at radius 2 is 1.72 bits per heavy atom. The topological polar surface area (TPSA) is 12.0 Å². The molecule has 0 aliphatic rings. The monoisotopic (exact) mass is 271 g/mol. The maximum Gasteiger partial charge on any atom is 0.194 e. The van der Waals surface area contributed by atoms with Crippen molar-refractivity contribution in [1.82, 2.24) is 5.32 Å². The molecule has 5 heteroatoms. The van der Waals surface area contributed by atoms with E-state index in [2.05, 4.69) is 5.32 Å². The fraction of sp³-hybridized carbons (Fsp3) is 0.231. The van der Waals surface area contributed by atoms with E-state index in [9.17, 15) is 13.2 Å². The molecular formula is C13H12F3NS. The number of rotatable bonds is 4. The first kappa shape index (κ1) is 13.1. The Hall–Kier alpha value is -1.33. The molecule has 2 rings (SSSR count). The summed E-state index contributed by atoms with van der Waals surface area (Å²) in [6, 6.07) is 2.01. The Morgan fingerprint density at radius 3 is 2.28 bits per heavy atom. The van der Waals surface area contributed by atoms with Gasteiger partial charge in [-0.3, -0.25) is 0 Å². The van der Waals surface area contributed by atoms with Crippen molar-refractivity contribution in [3.8, 4) is 0 Å². The van der Waals surface area contributed by atoms with Gasteiger partial charge in [-0.25, -0.2) is 13.2 Å². The minimum Gasteiger partial charge on any atom is -0.309 e. The Bertz CT molecular complexity index is 528. The van der Waals surface area contributed by atoms with Crippen molar-refractivity contribution in [2.24, 2.45) is 0 Å². The predicted octanol–water partition coefficient (Wildman–Crippen LogP) is 3.76. The van der Waals surface area contributed by atoms with E-state index >= 15 is 0 Å². The van der Waals surface area contributed by atoms with Gasteiger partial charge in [-0.15, -0.1) is 0 Å². The SMILES string of the molecule is Cc1cscc1CNCc1cc(F)c(F)c(F)c1. The first-order valence-electron chi connectivity index (χ1n) is 5.43. The van der Waals surface area contributed by atoms with Crippen molar-refractivity contribution in [2.75, 3.05) is 0 Å². The molecular weight excluding hydrogens is 259 g/mol. The summed E-state index contributed by atoms with van der Waals surface area (Å²) in [6.07, 6.45) is 0. The summed E-state index contributed by atoms with van der Waals surface area (Å²) in [5.74, 6) is -3.73. The Labute approximate surface area is 107 Å². The minimum atomic E-state index is -1.42. The van der Waals surface area contributed by atoms with E-state index in [4.69, 9.17) is 0 Å². The van der Waals surface area contributed by atoms with Crippen molar-refractivity contribution in [3.05, 3.63) is 57.0 Å². The molecule has 1 heterocycles. The lowest BCUT2D eigenvalue weighted by Crippen LogP contribution is -2.13. The molecule has 0 saturated heterocycles. The van der Waals surface area contributed by atoms with Crippen LogP contribution in [0.4, 0.5) is 13.2 Å². The molecule has 0 aliphatic heterocycles. The van der Waals surface area contributed by atoms with Crippen LogP contribution in [-0.4, -0.2) is 0 Å². The quantitative estimate of drug-likeness (QED) is 0.835. The molecule has 0 fully saturated rings. The maximum atomic E-state index is 13.0. The van der Waals surface area contributed by atoms with Gasteiger partial charge >= 0.3 is 0 Å². The molecule has 1 aromatic carbocycles. The molecule has 0 amide bonds. The highest BCUT2D eigenvalue weighted by Crippen LogP contribution is 2.15. The zero-order valence-electron chi connectivity index (χ0n) is 9.77. The van der Waals surface area contributed by atoms with Crippen molar-refractivity contribution < 1.29 is 13.2 Å². The first-order valence-corrected chi connectivity index (χ1v) is 6.38. The van der Waals surface area contributed by atoms with Crippen molar-refractivity contribution >= 4 is 11.3 Å². The summed E-state index contributed by atoms with van der Waals surface area (Å²) in [5.41, 5.74) is 2.73. The summed E-state index contributed by atoms with van der Waals surface area (Å²) >= 11 is 1.61. The van der Waals surface area contributed by atoms with Crippen molar-refractivity contribution in [3.63, 3.8) is 0 Å². The van der Waals surface area contributed by atoms with E-state index in [0.29, 0.717) is 18.7 Å². The average molecular weight is 271 g/mol. The number of benzene rings is 1. The molecule has 18 heavy (non-hydrogen) atoms. The van der Waals surface area contributed by atoms with Gasteiger partial charge < -0.3 is 5.32 Å². The number of hydrogen-bond acceptors (Lipinski definition) is 2. The molecule has 1 aromatic heterocycles. The van der Waals surface area contributed by atoms with E-state index in [0.717, 1.165) is 17.7 Å². The minimum absolute atomic E-state index is 0.295. The van der Waals surface area contributed by atoms with E-state index in [1.807, 2.05) is 17.7 Å². The van der Waals surface area contributed by atoms with Crippen LogP contribution in [0.25, 0.3) is 0 Å². The second-order valence-corrected chi connectivity index (χ2v) is 4.80. The smallest absolute Gasteiger partial charge is 0.194 e. The second kappa shape index (κ2) is 5.54. The largest absolute Gasteiger partial charge is 0.309 e. The number of thiophene rings is 1. The summed E-state index contributed by atoms with van der Waals surface area (Å²) < 4.78 is 38.7. The molecule has 0 radical (unpaired) electrons. The third-order valence-corrected chi connectivity index (χ3v) is 3.56. The molecule has 0 spiro atoms. The summed E-state index contributed by atoms with van der Waals surface area (Å²) in [4.78, 5) is 0. The molecule has 0 saturated carbocycles. The Kier molecular flexibility index (Phi) is 4.04. The van der Waals surface area contributed by atoms with Gasteiger partial charge in [0.15, 0.2) is 17.5 Å². The van der Waals surface area contributed by atoms with Gasteiger partial charge in [0.05, 0.1) is 0 Å². The number of hydrogen-bond donors (Lipinski definition) is 1. The zero-order valence-corrected chi connectivity index (χ0v) is 10.6. The standard InChI is InChI=1S/C13H12F3NS/c1-8-6-18-7-10(8)5-17-4-9-2-11(14)13(16)12(15)3-9/h2-3,6-7,17H,4-5H2,1H3. The highest BCUT2D eigenvalue weighted by molar-refractivity contribution is 7.08.